The third-order valence-electron chi connectivity index (χ3n) is 5.31. The monoisotopic (exact) mass is 424 g/mol. The van der Waals surface area contributed by atoms with Gasteiger partial charge >= 0.3 is 0 Å². The number of nitrogens with zero attached hydrogens (tertiary/aromatic N) is 3. The van der Waals surface area contributed by atoms with Crippen LogP contribution < -0.4 is 19.5 Å². The molecule has 1 aliphatic rings. The van der Waals surface area contributed by atoms with Crippen molar-refractivity contribution in [2.45, 2.75) is 19.5 Å². The van der Waals surface area contributed by atoms with Crippen LogP contribution in [0.15, 0.2) is 42.6 Å². The second-order valence-electron chi connectivity index (χ2n) is 7.22. The van der Waals surface area contributed by atoms with Gasteiger partial charge in [0.1, 0.15) is 5.82 Å². The predicted octanol–water partition coefficient (Wildman–Crippen LogP) is 3.94. The Labute approximate surface area is 180 Å². The van der Waals surface area contributed by atoms with Crippen LogP contribution in [0.5, 0.6) is 17.2 Å². The van der Waals surface area contributed by atoms with Crippen LogP contribution in [0.3, 0.4) is 0 Å². The minimum absolute atomic E-state index is 0.334. The summed E-state index contributed by atoms with van der Waals surface area (Å²) in [5, 5.41) is 2.96. The van der Waals surface area contributed by atoms with Gasteiger partial charge in [0.05, 0.1) is 32.7 Å². The molecule has 0 aliphatic carbocycles. The summed E-state index contributed by atoms with van der Waals surface area (Å²) in [7, 11) is 4.84. The van der Waals surface area contributed by atoms with Crippen molar-refractivity contribution in [3.63, 3.8) is 0 Å². The molecule has 1 aliphatic heterocycles. The van der Waals surface area contributed by atoms with Crippen molar-refractivity contribution < 1.29 is 18.6 Å². The van der Waals surface area contributed by atoms with Crippen LogP contribution in [0.2, 0.25) is 0 Å². The van der Waals surface area contributed by atoms with Crippen molar-refractivity contribution in [3.05, 3.63) is 65.2 Å². The molecular weight excluding hydrogens is 399 g/mol. The number of fused-ring (bicyclic) bond motifs is 1. The van der Waals surface area contributed by atoms with Gasteiger partial charge in [-0.25, -0.2) is 14.4 Å². The predicted molar refractivity (Wildman–Crippen MR) is 116 cm³/mol. The molecule has 0 bridgehead atoms. The van der Waals surface area contributed by atoms with Crippen molar-refractivity contribution in [1.82, 2.24) is 14.9 Å². The van der Waals surface area contributed by atoms with Gasteiger partial charge in [-0.3, -0.25) is 4.90 Å². The molecule has 2 heterocycles. The molecule has 31 heavy (non-hydrogen) atoms. The lowest BCUT2D eigenvalue weighted by molar-refractivity contribution is 0.237. The Morgan fingerprint density at radius 1 is 1.03 bits per heavy atom. The van der Waals surface area contributed by atoms with E-state index in [1.54, 1.807) is 39.5 Å². The number of hydrogen-bond donors (Lipinski definition) is 1. The zero-order valence-electron chi connectivity index (χ0n) is 17.8. The molecule has 7 nitrogen and oxygen atoms in total. The highest BCUT2D eigenvalue weighted by molar-refractivity contribution is 5.56. The smallest absolute Gasteiger partial charge is 0.227 e. The van der Waals surface area contributed by atoms with E-state index in [0.717, 1.165) is 29.8 Å². The molecule has 4 rings (SSSR count). The maximum absolute atomic E-state index is 13.9. The largest absolute Gasteiger partial charge is 0.493 e. The number of halogens is 1. The van der Waals surface area contributed by atoms with Crippen LogP contribution >= 0.6 is 0 Å². The van der Waals surface area contributed by atoms with Crippen LogP contribution in [0, 0.1) is 5.82 Å². The van der Waals surface area contributed by atoms with Crippen molar-refractivity contribution in [1.29, 1.82) is 0 Å². The van der Waals surface area contributed by atoms with Crippen molar-refractivity contribution in [2.24, 2.45) is 0 Å². The van der Waals surface area contributed by atoms with Gasteiger partial charge in [0.2, 0.25) is 11.7 Å². The van der Waals surface area contributed by atoms with E-state index in [1.165, 1.54) is 6.07 Å². The lowest BCUT2D eigenvalue weighted by Gasteiger charge is -2.29. The van der Waals surface area contributed by atoms with Crippen molar-refractivity contribution in [2.75, 3.05) is 33.2 Å². The molecule has 3 aromatic rings. The summed E-state index contributed by atoms with van der Waals surface area (Å²) in [5.74, 6) is 1.97. The topological polar surface area (TPSA) is 68.7 Å². The van der Waals surface area contributed by atoms with Crippen LogP contribution in [-0.2, 0) is 19.5 Å². The second kappa shape index (κ2) is 9.18. The van der Waals surface area contributed by atoms with E-state index in [-0.39, 0.29) is 5.82 Å². The molecule has 2 aromatic carbocycles. The molecule has 0 fully saturated rings. The molecule has 0 spiro atoms. The summed E-state index contributed by atoms with van der Waals surface area (Å²) >= 11 is 0. The van der Waals surface area contributed by atoms with E-state index >= 15 is 0 Å². The summed E-state index contributed by atoms with van der Waals surface area (Å²) in [5.41, 5.74) is 3.41. The van der Waals surface area contributed by atoms with Gasteiger partial charge in [-0.15, -0.1) is 0 Å². The average Bonchev–Trinajstić information content (AvgIpc) is 2.80. The number of rotatable bonds is 7. The fourth-order valence-corrected chi connectivity index (χ4v) is 3.78. The molecule has 1 aromatic heterocycles. The molecule has 0 saturated heterocycles. The Morgan fingerprint density at radius 2 is 1.84 bits per heavy atom. The van der Waals surface area contributed by atoms with Crippen LogP contribution in [0.1, 0.15) is 16.8 Å². The Morgan fingerprint density at radius 3 is 2.58 bits per heavy atom. The first kappa shape index (κ1) is 20.9. The highest BCUT2D eigenvalue weighted by Crippen LogP contribution is 2.40. The third kappa shape index (κ3) is 4.39. The van der Waals surface area contributed by atoms with Crippen LogP contribution in [-0.4, -0.2) is 42.7 Å². The number of ether oxygens (including phenoxy) is 3. The maximum atomic E-state index is 13.9. The quantitative estimate of drug-likeness (QED) is 0.616. The lowest BCUT2D eigenvalue weighted by Crippen LogP contribution is -2.31. The molecule has 0 radical (unpaired) electrons. The van der Waals surface area contributed by atoms with Gasteiger partial charge in [0.25, 0.3) is 0 Å². The first-order valence-electron chi connectivity index (χ1n) is 9.99. The standard InChI is InChI=1S/C23H25FN4O3/c1-29-20-9-8-15(21(30-2)22(20)31-3)13-28-11-10-18-16(14-28)12-25-23(26-18)27-19-7-5-4-6-17(19)24/h4-9,12H,10-11,13-14H2,1-3H3,(H,25,26,27). The van der Waals surface area contributed by atoms with E-state index in [4.69, 9.17) is 14.2 Å². The number of hydrogen-bond acceptors (Lipinski definition) is 7. The van der Waals surface area contributed by atoms with Gasteiger partial charge in [0, 0.05) is 43.4 Å². The van der Waals surface area contributed by atoms with Gasteiger partial charge in [-0.2, -0.15) is 0 Å². The Kier molecular flexibility index (Phi) is 6.18. The number of anilines is 2. The fourth-order valence-electron chi connectivity index (χ4n) is 3.78. The van der Waals surface area contributed by atoms with Crippen LogP contribution in [0.4, 0.5) is 16.0 Å². The Bertz CT molecular complexity index is 1080. The Balaban J connectivity index is 1.49. The SMILES string of the molecule is COc1ccc(CN2CCc3nc(Nc4ccccc4F)ncc3C2)c(OC)c1OC. The van der Waals surface area contributed by atoms with E-state index in [9.17, 15) is 4.39 Å². The molecule has 8 heteroatoms. The van der Waals surface area contributed by atoms with E-state index in [0.29, 0.717) is 42.0 Å². The zero-order chi connectivity index (χ0) is 21.8. The number of benzene rings is 2. The number of aromatic nitrogens is 2. The normalized spacial score (nSPS) is 13.4. The minimum atomic E-state index is -0.334. The highest BCUT2D eigenvalue weighted by Gasteiger charge is 2.22. The molecule has 162 valence electrons. The number of nitrogens with one attached hydrogen (secondary N) is 1. The first-order valence-corrected chi connectivity index (χ1v) is 9.99. The van der Waals surface area contributed by atoms with Gasteiger partial charge in [-0.1, -0.05) is 18.2 Å². The summed E-state index contributed by atoms with van der Waals surface area (Å²) in [6.45, 7) is 2.24. The van der Waals surface area contributed by atoms with Crippen molar-refractivity contribution >= 4 is 11.6 Å². The van der Waals surface area contributed by atoms with E-state index < -0.39 is 0 Å². The lowest BCUT2D eigenvalue weighted by atomic mass is 10.1. The molecule has 0 saturated carbocycles. The van der Waals surface area contributed by atoms with E-state index in [2.05, 4.69) is 20.2 Å². The second-order valence-corrected chi connectivity index (χ2v) is 7.22. The Hall–Kier alpha value is -3.39. The fraction of sp³-hybridized carbons (Fsp3) is 0.304. The third-order valence-corrected chi connectivity index (χ3v) is 5.31. The summed E-state index contributed by atoms with van der Waals surface area (Å²) in [4.78, 5) is 11.3. The minimum Gasteiger partial charge on any atom is -0.493 e. The summed E-state index contributed by atoms with van der Waals surface area (Å²) < 4.78 is 30.4. The number of methoxy groups -OCH3 is 3. The first-order chi connectivity index (χ1) is 15.1. The average molecular weight is 424 g/mol. The summed E-state index contributed by atoms with van der Waals surface area (Å²) in [6, 6.07) is 10.4. The molecule has 0 atom stereocenters. The summed E-state index contributed by atoms with van der Waals surface area (Å²) in [6.07, 6.45) is 2.59. The zero-order valence-corrected chi connectivity index (χ0v) is 17.8. The molecule has 0 unspecified atom stereocenters. The molecule has 0 amide bonds. The molecule has 1 N–H and O–H groups in total. The maximum Gasteiger partial charge on any atom is 0.227 e. The molecular formula is C23H25FN4O3. The van der Waals surface area contributed by atoms with Crippen molar-refractivity contribution in [3.8, 4) is 17.2 Å². The van der Waals surface area contributed by atoms with Gasteiger partial charge < -0.3 is 19.5 Å². The van der Waals surface area contributed by atoms with Gasteiger partial charge in [0.15, 0.2) is 11.5 Å². The van der Waals surface area contributed by atoms with Gasteiger partial charge in [-0.05, 0) is 18.2 Å². The van der Waals surface area contributed by atoms with Crippen LogP contribution in [0.25, 0.3) is 0 Å². The highest BCUT2D eigenvalue weighted by atomic mass is 19.1. The number of para-hydroxylation sites is 1. The van der Waals surface area contributed by atoms with E-state index in [1.807, 2.05) is 18.3 Å².